The number of sulfone groups is 1. The first-order valence-corrected chi connectivity index (χ1v) is 7.95. The lowest BCUT2D eigenvalue weighted by atomic mass is 9.93. The summed E-state index contributed by atoms with van der Waals surface area (Å²) < 4.78 is 23.6. The maximum atomic E-state index is 11.8. The Morgan fingerprint density at radius 2 is 2.25 bits per heavy atom. The molecule has 94 valence electrons. The van der Waals surface area contributed by atoms with E-state index in [0.29, 0.717) is 18.2 Å². The van der Waals surface area contributed by atoms with Crippen LogP contribution < -0.4 is 5.73 Å². The molecule has 16 heavy (non-hydrogen) atoms. The van der Waals surface area contributed by atoms with Crippen LogP contribution >= 0.6 is 0 Å². The molecule has 0 bridgehead atoms. The van der Waals surface area contributed by atoms with Crippen molar-refractivity contribution in [3.05, 3.63) is 0 Å². The number of nitrogens with two attached hydrogens (primary N) is 1. The van der Waals surface area contributed by atoms with Crippen LogP contribution in [0, 0.1) is 5.92 Å². The Hall–Kier alpha value is -0.130. The molecule has 2 heterocycles. The minimum absolute atomic E-state index is 0.262. The Morgan fingerprint density at radius 1 is 1.50 bits per heavy atom. The fraction of sp³-hybridized carbons (Fsp3) is 1.00. The van der Waals surface area contributed by atoms with Gasteiger partial charge in [-0.05, 0) is 31.7 Å². The van der Waals surface area contributed by atoms with Gasteiger partial charge in [0, 0.05) is 18.6 Å². The molecule has 5 heteroatoms. The Balaban J connectivity index is 2.18. The van der Waals surface area contributed by atoms with E-state index in [-0.39, 0.29) is 11.3 Å². The molecular weight excluding hydrogens is 224 g/mol. The quantitative estimate of drug-likeness (QED) is 0.758. The summed E-state index contributed by atoms with van der Waals surface area (Å²) in [5, 5.41) is 0. The van der Waals surface area contributed by atoms with Crippen molar-refractivity contribution in [1.29, 1.82) is 0 Å². The minimum atomic E-state index is -2.88. The van der Waals surface area contributed by atoms with E-state index in [9.17, 15) is 8.42 Å². The number of hydrogen-bond donors (Lipinski definition) is 1. The van der Waals surface area contributed by atoms with Crippen LogP contribution in [0.15, 0.2) is 0 Å². The van der Waals surface area contributed by atoms with Crippen LogP contribution in [0.5, 0.6) is 0 Å². The predicted octanol–water partition coefficient (Wildman–Crippen LogP) is 0.234. The smallest absolute Gasteiger partial charge is 0.152 e. The molecule has 0 aromatic heterocycles. The zero-order valence-corrected chi connectivity index (χ0v) is 10.8. The van der Waals surface area contributed by atoms with E-state index >= 15 is 0 Å². The van der Waals surface area contributed by atoms with Crippen LogP contribution in [-0.2, 0) is 9.84 Å². The van der Waals surface area contributed by atoms with Crippen molar-refractivity contribution in [2.45, 2.75) is 31.7 Å². The molecule has 4 nitrogen and oxygen atoms in total. The molecule has 0 saturated carbocycles. The third-order valence-electron chi connectivity index (χ3n) is 4.06. The highest BCUT2D eigenvalue weighted by atomic mass is 32.2. The van der Waals surface area contributed by atoms with Crippen molar-refractivity contribution in [1.82, 2.24) is 4.90 Å². The van der Waals surface area contributed by atoms with Crippen molar-refractivity contribution in [2.24, 2.45) is 11.7 Å². The first kappa shape index (κ1) is 12.3. The van der Waals surface area contributed by atoms with E-state index in [1.54, 1.807) is 0 Å². The van der Waals surface area contributed by atoms with Crippen LogP contribution in [0.25, 0.3) is 0 Å². The van der Waals surface area contributed by atoms with Crippen molar-refractivity contribution in [3.8, 4) is 0 Å². The van der Waals surface area contributed by atoms with Gasteiger partial charge in [-0.1, -0.05) is 6.92 Å². The molecular formula is C11H22N2O2S. The molecule has 0 spiro atoms. The molecule has 0 aromatic rings. The first-order chi connectivity index (χ1) is 7.47. The summed E-state index contributed by atoms with van der Waals surface area (Å²) in [6.45, 7) is 4.71. The van der Waals surface area contributed by atoms with Gasteiger partial charge >= 0.3 is 0 Å². The molecule has 0 aromatic carbocycles. The van der Waals surface area contributed by atoms with Gasteiger partial charge in [-0.2, -0.15) is 0 Å². The molecule has 2 N–H and O–H groups in total. The Labute approximate surface area is 98.1 Å². The van der Waals surface area contributed by atoms with Crippen LogP contribution in [0.4, 0.5) is 0 Å². The largest absolute Gasteiger partial charge is 0.329 e. The molecule has 0 radical (unpaired) electrons. The molecule has 2 unspecified atom stereocenters. The highest BCUT2D eigenvalue weighted by molar-refractivity contribution is 7.91. The van der Waals surface area contributed by atoms with Crippen LogP contribution in [0.3, 0.4) is 0 Å². The van der Waals surface area contributed by atoms with E-state index in [1.165, 1.54) is 6.42 Å². The molecule has 2 atom stereocenters. The van der Waals surface area contributed by atoms with Crippen LogP contribution in [0.1, 0.15) is 26.2 Å². The monoisotopic (exact) mass is 246 g/mol. The van der Waals surface area contributed by atoms with Crippen molar-refractivity contribution >= 4 is 9.84 Å². The van der Waals surface area contributed by atoms with Gasteiger partial charge in [0.25, 0.3) is 0 Å². The SMILES string of the molecule is CC1CCN(C2(CN)CCCS(=O)(=O)C2)C1. The van der Waals surface area contributed by atoms with Crippen LogP contribution in [0.2, 0.25) is 0 Å². The standard InChI is InChI=1S/C11H22N2O2S/c1-10-3-5-13(7-10)11(8-12)4-2-6-16(14,15)9-11/h10H,2-9,12H2,1H3. The van der Waals surface area contributed by atoms with Gasteiger partial charge in [-0.25, -0.2) is 8.42 Å². The van der Waals surface area contributed by atoms with E-state index in [2.05, 4.69) is 11.8 Å². The van der Waals surface area contributed by atoms with E-state index < -0.39 is 9.84 Å². The second-order valence-electron chi connectivity index (χ2n) is 5.46. The second-order valence-corrected chi connectivity index (χ2v) is 7.65. The van der Waals surface area contributed by atoms with Gasteiger partial charge in [-0.3, -0.25) is 4.90 Å². The topological polar surface area (TPSA) is 63.4 Å². The molecule has 2 aliphatic heterocycles. The molecule has 0 amide bonds. The summed E-state index contributed by atoms with van der Waals surface area (Å²) in [5.74, 6) is 1.29. The third kappa shape index (κ3) is 2.26. The fourth-order valence-electron chi connectivity index (χ4n) is 3.08. The van der Waals surface area contributed by atoms with Crippen molar-refractivity contribution in [2.75, 3.05) is 31.1 Å². The third-order valence-corrected chi connectivity index (χ3v) is 5.95. The van der Waals surface area contributed by atoms with Gasteiger partial charge in [0.2, 0.25) is 0 Å². The molecule has 2 saturated heterocycles. The summed E-state index contributed by atoms with van der Waals surface area (Å²) in [7, 11) is -2.88. The van der Waals surface area contributed by atoms with Crippen molar-refractivity contribution in [3.63, 3.8) is 0 Å². The van der Waals surface area contributed by atoms with Gasteiger partial charge in [0.05, 0.1) is 11.5 Å². The van der Waals surface area contributed by atoms with Gasteiger partial charge in [-0.15, -0.1) is 0 Å². The summed E-state index contributed by atoms with van der Waals surface area (Å²) in [4.78, 5) is 2.33. The van der Waals surface area contributed by atoms with E-state index in [0.717, 1.165) is 25.9 Å². The Bertz CT molecular complexity index is 355. The average molecular weight is 246 g/mol. The summed E-state index contributed by atoms with van der Waals surface area (Å²) in [5.41, 5.74) is 5.62. The minimum Gasteiger partial charge on any atom is -0.329 e. The van der Waals surface area contributed by atoms with Gasteiger partial charge < -0.3 is 5.73 Å². The maximum Gasteiger partial charge on any atom is 0.152 e. The van der Waals surface area contributed by atoms with Gasteiger partial charge in [0.1, 0.15) is 0 Å². The Kier molecular flexibility index (Phi) is 3.29. The zero-order valence-electron chi connectivity index (χ0n) is 9.98. The zero-order chi connectivity index (χ0) is 11.8. The Morgan fingerprint density at radius 3 is 2.75 bits per heavy atom. The lowest BCUT2D eigenvalue weighted by Gasteiger charge is -2.43. The number of likely N-dealkylation sites (tertiary alicyclic amines) is 1. The highest BCUT2D eigenvalue weighted by Crippen LogP contribution is 2.32. The highest BCUT2D eigenvalue weighted by Gasteiger charge is 2.44. The molecule has 2 aliphatic rings. The van der Waals surface area contributed by atoms with Gasteiger partial charge in [0.15, 0.2) is 9.84 Å². The summed E-state index contributed by atoms with van der Waals surface area (Å²) in [6, 6.07) is 0. The normalized spacial score (nSPS) is 40.0. The average Bonchev–Trinajstić information content (AvgIpc) is 2.63. The van der Waals surface area contributed by atoms with Crippen LogP contribution in [-0.4, -0.2) is 50.0 Å². The number of rotatable bonds is 2. The lowest BCUT2D eigenvalue weighted by Crippen LogP contribution is -2.59. The maximum absolute atomic E-state index is 11.8. The summed E-state index contributed by atoms with van der Waals surface area (Å²) in [6.07, 6.45) is 2.88. The molecule has 2 rings (SSSR count). The lowest BCUT2D eigenvalue weighted by molar-refractivity contribution is 0.126. The molecule has 2 fully saturated rings. The predicted molar refractivity (Wildman–Crippen MR) is 65.0 cm³/mol. The fourth-order valence-corrected chi connectivity index (χ4v) is 5.07. The summed E-state index contributed by atoms with van der Waals surface area (Å²) >= 11 is 0. The van der Waals surface area contributed by atoms with E-state index in [1.807, 2.05) is 0 Å². The van der Waals surface area contributed by atoms with Crippen molar-refractivity contribution < 1.29 is 8.42 Å². The molecule has 0 aliphatic carbocycles. The van der Waals surface area contributed by atoms with E-state index in [4.69, 9.17) is 5.73 Å². The second kappa shape index (κ2) is 4.27. The number of hydrogen-bond acceptors (Lipinski definition) is 4. The first-order valence-electron chi connectivity index (χ1n) is 6.13. The number of nitrogens with zero attached hydrogens (tertiary/aromatic N) is 1.